The van der Waals surface area contributed by atoms with E-state index in [1.165, 1.54) is 22.0 Å². The molecular formula is C26H27BrN2O2. The smallest absolute Gasteiger partial charge is 0.175 e. The fraction of sp³-hybridized carbons (Fsp3) is 0.231. The molecule has 3 aromatic carbocycles. The van der Waals surface area contributed by atoms with Crippen LogP contribution < -0.4 is 14.8 Å². The van der Waals surface area contributed by atoms with Crippen LogP contribution in [0.5, 0.6) is 11.5 Å². The van der Waals surface area contributed by atoms with Gasteiger partial charge in [-0.25, -0.2) is 0 Å². The number of para-hydroxylation sites is 1. The molecule has 0 saturated heterocycles. The first-order valence-corrected chi connectivity index (χ1v) is 11.2. The van der Waals surface area contributed by atoms with Crippen LogP contribution in [0.1, 0.15) is 22.3 Å². The van der Waals surface area contributed by atoms with Crippen molar-refractivity contribution in [1.82, 2.24) is 10.3 Å². The first kappa shape index (κ1) is 21.5. The van der Waals surface area contributed by atoms with Crippen LogP contribution in [0, 0.1) is 6.92 Å². The Balaban J connectivity index is 1.36. The van der Waals surface area contributed by atoms with E-state index < -0.39 is 0 Å². The number of H-pyrrole nitrogens is 1. The molecule has 0 fully saturated rings. The molecule has 4 rings (SSSR count). The minimum Gasteiger partial charge on any atom is -0.493 e. The van der Waals surface area contributed by atoms with Gasteiger partial charge in [-0.2, -0.15) is 0 Å². The summed E-state index contributed by atoms with van der Waals surface area (Å²) in [7, 11) is 1.68. The van der Waals surface area contributed by atoms with Crippen LogP contribution in [0.3, 0.4) is 0 Å². The van der Waals surface area contributed by atoms with Crippen molar-refractivity contribution in [2.75, 3.05) is 13.7 Å². The molecule has 1 aromatic heterocycles. The van der Waals surface area contributed by atoms with Crippen LogP contribution in [0.15, 0.2) is 71.3 Å². The van der Waals surface area contributed by atoms with Gasteiger partial charge in [0.25, 0.3) is 0 Å². The highest BCUT2D eigenvalue weighted by molar-refractivity contribution is 9.10. The zero-order valence-electron chi connectivity index (χ0n) is 17.9. The van der Waals surface area contributed by atoms with Gasteiger partial charge in [-0.05, 0) is 70.7 Å². The molecule has 0 aliphatic rings. The molecule has 2 N–H and O–H groups in total. The van der Waals surface area contributed by atoms with Crippen molar-refractivity contribution in [1.29, 1.82) is 0 Å². The van der Waals surface area contributed by atoms with Crippen LogP contribution in [-0.2, 0) is 19.6 Å². The van der Waals surface area contributed by atoms with E-state index in [4.69, 9.17) is 9.47 Å². The van der Waals surface area contributed by atoms with Gasteiger partial charge >= 0.3 is 0 Å². The summed E-state index contributed by atoms with van der Waals surface area (Å²) in [6.45, 7) is 4.24. The van der Waals surface area contributed by atoms with Crippen molar-refractivity contribution in [2.45, 2.75) is 26.5 Å². The number of aryl methyl sites for hydroxylation is 1. The average molecular weight is 479 g/mol. The van der Waals surface area contributed by atoms with Crippen LogP contribution in [0.25, 0.3) is 10.9 Å². The van der Waals surface area contributed by atoms with Crippen molar-refractivity contribution >= 4 is 26.8 Å². The summed E-state index contributed by atoms with van der Waals surface area (Å²) >= 11 is 3.66. The molecule has 4 nitrogen and oxygen atoms in total. The van der Waals surface area contributed by atoms with Gasteiger partial charge in [-0.15, -0.1) is 0 Å². The number of hydrogen-bond donors (Lipinski definition) is 2. The van der Waals surface area contributed by atoms with Crippen LogP contribution in [0.4, 0.5) is 0 Å². The first-order chi connectivity index (χ1) is 15.1. The molecule has 4 aromatic rings. The van der Waals surface area contributed by atoms with Gasteiger partial charge in [-0.3, -0.25) is 0 Å². The lowest BCUT2D eigenvalue weighted by molar-refractivity contribution is 0.282. The number of halogens is 1. The third kappa shape index (κ3) is 5.30. The Bertz CT molecular complexity index is 1170. The van der Waals surface area contributed by atoms with E-state index in [0.717, 1.165) is 46.6 Å². The van der Waals surface area contributed by atoms with E-state index in [0.29, 0.717) is 6.61 Å². The highest BCUT2D eigenvalue weighted by atomic mass is 79.9. The molecule has 1 heterocycles. The standard InChI is InChI=1S/C26H27BrN2O2/c1-18-6-5-7-19(12-18)17-31-26-23(27)13-20(14-25(26)30-2)15-28-11-10-21-16-29-24-9-4-3-8-22(21)24/h3-9,12-14,16,28-29H,10-11,15,17H2,1-2H3. The SMILES string of the molecule is COc1cc(CNCCc2c[nH]c3ccccc23)cc(Br)c1OCc1cccc(C)c1. The zero-order valence-corrected chi connectivity index (χ0v) is 19.5. The summed E-state index contributed by atoms with van der Waals surface area (Å²) in [6, 6.07) is 20.9. The summed E-state index contributed by atoms with van der Waals surface area (Å²) in [5.74, 6) is 1.46. The molecule has 0 amide bonds. The molecule has 31 heavy (non-hydrogen) atoms. The Labute approximate surface area is 191 Å². The van der Waals surface area contributed by atoms with E-state index in [2.05, 4.69) is 87.9 Å². The molecule has 5 heteroatoms. The second-order valence-electron chi connectivity index (χ2n) is 7.67. The molecule has 0 unspecified atom stereocenters. The Kier molecular flexibility index (Phi) is 6.95. The highest BCUT2D eigenvalue weighted by Gasteiger charge is 2.12. The summed E-state index contributed by atoms with van der Waals surface area (Å²) in [6.07, 6.45) is 3.08. The van der Waals surface area contributed by atoms with Crippen molar-refractivity contribution in [3.05, 3.63) is 93.6 Å². The van der Waals surface area contributed by atoms with Gasteiger partial charge in [0.2, 0.25) is 0 Å². The minimum absolute atomic E-state index is 0.499. The zero-order chi connectivity index (χ0) is 21.6. The number of aromatic amines is 1. The maximum atomic E-state index is 6.07. The first-order valence-electron chi connectivity index (χ1n) is 10.4. The molecule has 0 saturated carbocycles. The predicted octanol–water partition coefficient (Wildman–Crippen LogP) is 6.16. The van der Waals surface area contributed by atoms with E-state index >= 15 is 0 Å². The number of ether oxygens (including phenoxy) is 2. The quantitative estimate of drug-likeness (QED) is 0.283. The molecule has 160 valence electrons. The molecular weight excluding hydrogens is 452 g/mol. The van der Waals surface area contributed by atoms with Gasteiger partial charge in [-0.1, -0.05) is 48.0 Å². The maximum absolute atomic E-state index is 6.07. The van der Waals surface area contributed by atoms with Crippen molar-refractivity contribution in [3.63, 3.8) is 0 Å². The fourth-order valence-corrected chi connectivity index (χ4v) is 4.37. The number of fused-ring (bicyclic) bond motifs is 1. The molecule has 0 atom stereocenters. The Morgan fingerprint density at radius 2 is 1.87 bits per heavy atom. The third-order valence-corrected chi connectivity index (χ3v) is 5.92. The predicted molar refractivity (Wildman–Crippen MR) is 130 cm³/mol. The van der Waals surface area contributed by atoms with Crippen molar-refractivity contribution in [3.8, 4) is 11.5 Å². The number of methoxy groups -OCH3 is 1. The van der Waals surface area contributed by atoms with Gasteiger partial charge in [0.15, 0.2) is 11.5 Å². The Morgan fingerprint density at radius 1 is 1.00 bits per heavy atom. The van der Waals surface area contributed by atoms with Crippen LogP contribution in [-0.4, -0.2) is 18.6 Å². The second kappa shape index (κ2) is 10.0. The Morgan fingerprint density at radius 3 is 2.71 bits per heavy atom. The largest absolute Gasteiger partial charge is 0.493 e. The van der Waals surface area contributed by atoms with E-state index in [1.54, 1.807) is 7.11 Å². The number of nitrogens with one attached hydrogen (secondary N) is 2. The summed E-state index contributed by atoms with van der Waals surface area (Å²) in [5.41, 5.74) is 6.03. The average Bonchev–Trinajstić information content (AvgIpc) is 3.19. The van der Waals surface area contributed by atoms with Gasteiger partial charge < -0.3 is 19.8 Å². The molecule has 0 aliphatic carbocycles. The minimum atomic E-state index is 0.499. The monoisotopic (exact) mass is 478 g/mol. The highest BCUT2D eigenvalue weighted by Crippen LogP contribution is 2.37. The van der Waals surface area contributed by atoms with Gasteiger partial charge in [0.05, 0.1) is 11.6 Å². The van der Waals surface area contributed by atoms with Crippen molar-refractivity contribution < 1.29 is 9.47 Å². The number of hydrogen-bond acceptors (Lipinski definition) is 3. The molecule has 0 aliphatic heterocycles. The lowest BCUT2D eigenvalue weighted by atomic mass is 10.1. The summed E-state index contributed by atoms with van der Waals surface area (Å²) in [5, 5.41) is 4.83. The lowest BCUT2D eigenvalue weighted by Gasteiger charge is -2.15. The van der Waals surface area contributed by atoms with Gasteiger partial charge in [0.1, 0.15) is 6.61 Å². The van der Waals surface area contributed by atoms with E-state index in [1.807, 2.05) is 12.1 Å². The molecule has 0 spiro atoms. The Hall–Kier alpha value is -2.76. The normalized spacial score (nSPS) is 11.1. The van der Waals surface area contributed by atoms with E-state index in [9.17, 15) is 0 Å². The summed E-state index contributed by atoms with van der Waals surface area (Å²) < 4.78 is 12.6. The molecule has 0 radical (unpaired) electrons. The molecule has 0 bridgehead atoms. The van der Waals surface area contributed by atoms with Gasteiger partial charge in [0, 0.05) is 23.6 Å². The summed E-state index contributed by atoms with van der Waals surface area (Å²) in [4.78, 5) is 3.34. The lowest BCUT2D eigenvalue weighted by Crippen LogP contribution is -2.16. The van der Waals surface area contributed by atoms with Crippen LogP contribution >= 0.6 is 15.9 Å². The third-order valence-electron chi connectivity index (χ3n) is 5.33. The number of benzene rings is 3. The number of aromatic nitrogens is 1. The second-order valence-corrected chi connectivity index (χ2v) is 8.53. The van der Waals surface area contributed by atoms with E-state index in [-0.39, 0.29) is 0 Å². The van der Waals surface area contributed by atoms with Crippen molar-refractivity contribution in [2.24, 2.45) is 0 Å². The topological polar surface area (TPSA) is 46.3 Å². The maximum Gasteiger partial charge on any atom is 0.175 e. The fourth-order valence-electron chi connectivity index (χ4n) is 3.77. The number of rotatable bonds is 9. The van der Waals surface area contributed by atoms with Crippen LogP contribution in [0.2, 0.25) is 0 Å².